The lowest BCUT2D eigenvalue weighted by Crippen LogP contribution is -2.51. The van der Waals surface area contributed by atoms with Gasteiger partial charge in [-0.3, -0.25) is 25.5 Å². The van der Waals surface area contributed by atoms with Gasteiger partial charge in [-0.25, -0.2) is 30.1 Å². The zero-order valence-corrected chi connectivity index (χ0v) is 27.0. The molecule has 2 heterocycles. The highest BCUT2D eigenvalue weighted by atomic mass is 35.5. The number of amides is 2. The van der Waals surface area contributed by atoms with Crippen molar-refractivity contribution < 1.29 is 78.0 Å². The summed E-state index contributed by atoms with van der Waals surface area (Å²) in [4.78, 5) is 69.5. The molecule has 18 nitrogen and oxygen atoms in total. The van der Waals surface area contributed by atoms with Crippen molar-refractivity contribution in [1.29, 1.82) is 0 Å². The number of nitrogens with two attached hydrogens (primary N) is 3. The van der Waals surface area contributed by atoms with Crippen molar-refractivity contribution in [2.75, 3.05) is 10.5 Å². The Bertz CT molecular complexity index is 2030. The fraction of sp³-hybridized carbons (Fsp3) is 0.111. The molecular formula is C27H21ClF3N5O13S2. The molecule has 0 fully saturated rings. The number of nitrogens with one attached hydrogen (secondary N) is 1. The van der Waals surface area contributed by atoms with Gasteiger partial charge in [0.15, 0.2) is 4.75 Å². The Balaban J connectivity index is 0.00000345. The van der Waals surface area contributed by atoms with Crippen molar-refractivity contribution in [1.82, 2.24) is 0 Å². The molecule has 0 bridgehead atoms. The molecule has 2 unspecified atom stereocenters. The first-order valence-corrected chi connectivity index (χ1v) is 15.0. The van der Waals surface area contributed by atoms with Crippen LogP contribution in [0.4, 0.5) is 24.5 Å². The van der Waals surface area contributed by atoms with Gasteiger partial charge in [0.2, 0.25) is 10.8 Å². The van der Waals surface area contributed by atoms with Crippen LogP contribution in [-0.2, 0) is 20.5 Å². The monoisotopic (exact) mass is 779 g/mol. The molecule has 2 aromatic carbocycles. The van der Waals surface area contributed by atoms with E-state index in [1.54, 1.807) is 5.48 Å². The molecule has 1 aliphatic rings. The van der Waals surface area contributed by atoms with E-state index in [0.29, 0.717) is 24.3 Å². The van der Waals surface area contributed by atoms with E-state index in [-0.39, 0.29) is 39.9 Å². The number of hydrogen-bond donors (Lipinski definition) is 11. The molecule has 14 N–H and O–H groups in total. The predicted molar refractivity (Wildman–Crippen MR) is 169 cm³/mol. The molecule has 24 heteroatoms. The number of halogens is 4. The highest BCUT2D eigenvalue weighted by Crippen LogP contribution is 2.57. The second-order valence-corrected chi connectivity index (χ2v) is 12.8. The van der Waals surface area contributed by atoms with E-state index < -0.39 is 105 Å². The Labute approximate surface area is 293 Å². The van der Waals surface area contributed by atoms with Gasteiger partial charge >= 0.3 is 30.1 Å². The Kier molecular flexibility index (Phi) is 11.3. The molecule has 0 spiro atoms. The van der Waals surface area contributed by atoms with Gasteiger partial charge < -0.3 is 37.1 Å². The molecule has 4 rings (SSSR count). The molecule has 2 atom stereocenters. The fourth-order valence-corrected chi connectivity index (χ4v) is 7.44. The van der Waals surface area contributed by atoms with Crippen molar-refractivity contribution in [2.45, 2.75) is 15.8 Å². The molecule has 0 saturated heterocycles. The number of alkyl halides is 3. The van der Waals surface area contributed by atoms with E-state index >= 15 is 0 Å². The molecule has 51 heavy (non-hydrogen) atoms. The minimum atomic E-state index is -5.45. The predicted octanol–water partition coefficient (Wildman–Crippen LogP) is 3.08. The Hall–Kier alpha value is -5.43. The number of nitrogens with zero attached hydrogens (tertiary/aromatic N) is 1. The van der Waals surface area contributed by atoms with Gasteiger partial charge in [-0.15, -0.1) is 11.3 Å². The van der Waals surface area contributed by atoms with Crippen molar-refractivity contribution in [2.24, 2.45) is 17.4 Å². The molecular weight excluding hydrogens is 759 g/mol. The molecule has 1 aliphatic heterocycles. The van der Waals surface area contributed by atoms with E-state index in [0.717, 1.165) is 12.1 Å². The van der Waals surface area contributed by atoms with E-state index in [9.17, 15) is 72.8 Å². The van der Waals surface area contributed by atoms with Crippen LogP contribution in [0, 0.1) is 0 Å². The van der Waals surface area contributed by atoms with Gasteiger partial charge in [0.1, 0.15) is 9.75 Å². The molecule has 0 aliphatic carbocycles. The summed E-state index contributed by atoms with van der Waals surface area (Å²) in [6.07, 6.45) is -4.41. The number of thiophene rings is 1. The molecule has 1 aromatic heterocycles. The maximum atomic E-state index is 14.6. The molecule has 2 amide bonds. The van der Waals surface area contributed by atoms with Gasteiger partial charge in [0.25, 0.3) is 5.91 Å². The lowest BCUT2D eigenvalue weighted by Gasteiger charge is -2.36. The summed E-state index contributed by atoms with van der Waals surface area (Å²) in [5.41, 5.74) is 4.84. The number of thioether (sulfide) groups is 1. The third-order valence-corrected chi connectivity index (χ3v) is 10.1. The lowest BCUT2D eigenvalue weighted by atomic mass is 9.86. The highest BCUT2D eigenvalue weighted by molar-refractivity contribution is 8.03. The summed E-state index contributed by atoms with van der Waals surface area (Å²) < 4.78 is 40.9. The number of rotatable bonds is 11. The van der Waals surface area contributed by atoms with Crippen LogP contribution >= 0.6 is 34.7 Å². The summed E-state index contributed by atoms with van der Waals surface area (Å²) in [7, 11) is 0. The van der Waals surface area contributed by atoms with Gasteiger partial charge in [0, 0.05) is 11.1 Å². The molecule has 0 saturated carbocycles. The minimum Gasteiger partial charge on any atom is -0.480 e. The van der Waals surface area contributed by atoms with Gasteiger partial charge in [-0.2, -0.15) is 13.2 Å². The summed E-state index contributed by atoms with van der Waals surface area (Å²) in [6, 6.07) is 2.80. The quantitative estimate of drug-likeness (QED) is 0.0983. The Morgan fingerprint density at radius 1 is 0.824 bits per heavy atom. The van der Waals surface area contributed by atoms with E-state index in [1.807, 2.05) is 0 Å². The van der Waals surface area contributed by atoms with Crippen LogP contribution < -0.4 is 27.9 Å². The van der Waals surface area contributed by atoms with E-state index in [2.05, 4.69) is 5.90 Å². The van der Waals surface area contributed by atoms with Gasteiger partial charge in [0.05, 0.1) is 27.5 Å². The van der Waals surface area contributed by atoms with E-state index in [4.69, 9.17) is 28.3 Å². The number of carbonyl (C=O) groups excluding carboxylic acids is 2. The largest absolute Gasteiger partial charge is 0.480 e. The summed E-state index contributed by atoms with van der Waals surface area (Å²) in [6.45, 7) is 0. The van der Waals surface area contributed by atoms with Crippen LogP contribution in [0.2, 0.25) is 5.02 Å². The first-order chi connectivity index (χ1) is 23.6. The topological polar surface area (TPSA) is 337 Å². The second-order valence-electron chi connectivity index (χ2n) is 9.89. The SMILES string of the molecule is NC(=O)c1cc(-c2cc(C(=O)O)sc2C(=O)O)c(C(F)(F)F)cc1C1(C(=O)O)C=CC(C(=O)O)(N(O)c2c(Cl)cc(NO)cc2C(N)=O)S1.NO. The highest BCUT2D eigenvalue weighted by Gasteiger charge is 2.60. The number of carboxylic acids is 4. The third-order valence-electron chi connectivity index (χ3n) is 7.03. The first-order valence-electron chi connectivity index (χ1n) is 12.9. The number of primary amides is 2. The third kappa shape index (κ3) is 6.98. The standard InChI is InChI=1S/C27H18ClF3N4O12S2.H3NO/c28-15-4-8(34-46)3-12(20(33)37)17(15)35(47)26(24(44)45)2-1-25(49-26,23(42)43)13-7-14(27(29,30)31)9(5-11(13)19(32)36)10-6-16(21(38)39)48-18(10)22(40)41;1-2/h1-7,34,46-47H,(H2,32,36)(H2,33,37)(H,38,39)(H,40,41)(H,42,43)(H,44,45);2H,1H2. The zero-order chi connectivity index (χ0) is 39.0. The first kappa shape index (κ1) is 40.0. The van der Waals surface area contributed by atoms with Crippen molar-refractivity contribution >= 4 is 81.8 Å². The maximum Gasteiger partial charge on any atom is 0.417 e. The summed E-state index contributed by atoms with van der Waals surface area (Å²) in [5, 5.41) is 65.9. The molecule has 3 aromatic rings. The zero-order valence-electron chi connectivity index (χ0n) is 24.6. The Morgan fingerprint density at radius 3 is 1.86 bits per heavy atom. The van der Waals surface area contributed by atoms with Crippen molar-refractivity contribution in [3.63, 3.8) is 0 Å². The number of hydroxylamine groups is 1. The number of carboxylic acid groups (broad SMARTS) is 4. The van der Waals surface area contributed by atoms with Crippen LogP contribution in [0.3, 0.4) is 0 Å². The molecule has 272 valence electrons. The van der Waals surface area contributed by atoms with Crippen LogP contribution in [0.15, 0.2) is 42.5 Å². The normalized spacial score (nSPS) is 18.0. The second kappa shape index (κ2) is 14.4. The average Bonchev–Trinajstić information content (AvgIpc) is 3.69. The fourth-order valence-electron chi connectivity index (χ4n) is 4.89. The lowest BCUT2D eigenvalue weighted by molar-refractivity contribution is -0.140. The van der Waals surface area contributed by atoms with Crippen molar-refractivity contribution in [3.05, 3.63) is 79.5 Å². The van der Waals surface area contributed by atoms with Gasteiger partial charge in [-0.1, -0.05) is 29.4 Å². The number of aliphatic carboxylic acids is 2. The average molecular weight is 780 g/mol. The van der Waals surface area contributed by atoms with Crippen LogP contribution in [0.5, 0.6) is 0 Å². The maximum absolute atomic E-state index is 14.6. The van der Waals surface area contributed by atoms with Crippen LogP contribution in [-0.4, -0.2) is 76.6 Å². The van der Waals surface area contributed by atoms with Crippen LogP contribution in [0.1, 0.15) is 51.2 Å². The molecule has 0 radical (unpaired) electrons. The smallest absolute Gasteiger partial charge is 0.417 e. The number of carbonyl (C=O) groups is 6. The van der Waals surface area contributed by atoms with Gasteiger partial charge in [-0.05, 0) is 47.5 Å². The van der Waals surface area contributed by atoms with Crippen molar-refractivity contribution in [3.8, 4) is 11.1 Å². The van der Waals surface area contributed by atoms with E-state index in [1.165, 1.54) is 0 Å². The number of hydrogen-bond acceptors (Lipinski definition) is 14. The minimum absolute atomic E-state index is 0.0963. The van der Waals surface area contributed by atoms with Crippen LogP contribution in [0.25, 0.3) is 11.1 Å². The number of anilines is 2. The number of benzene rings is 2. The number of aromatic carboxylic acids is 2. The summed E-state index contributed by atoms with van der Waals surface area (Å²) >= 11 is 5.98. The Morgan fingerprint density at radius 2 is 1.41 bits per heavy atom. The summed E-state index contributed by atoms with van der Waals surface area (Å²) in [5.74, 6) is -7.13.